The van der Waals surface area contributed by atoms with Crippen molar-refractivity contribution in [2.45, 2.75) is 13.3 Å². The molecule has 3 heteroatoms. The maximum absolute atomic E-state index is 10.7. The number of anilines is 1. The Morgan fingerprint density at radius 1 is 1.44 bits per heavy atom. The van der Waals surface area contributed by atoms with Crippen LogP contribution in [-0.2, 0) is 0 Å². The molecule has 1 heterocycles. The van der Waals surface area contributed by atoms with Crippen LogP contribution in [0.2, 0.25) is 5.02 Å². The summed E-state index contributed by atoms with van der Waals surface area (Å²) >= 11 is 6.00. The number of rotatable bonds is 2. The van der Waals surface area contributed by atoms with Crippen molar-refractivity contribution in [2.75, 3.05) is 18.0 Å². The minimum Gasteiger partial charge on any atom is -0.367 e. The lowest BCUT2D eigenvalue weighted by molar-refractivity contribution is 0.112. The fourth-order valence-corrected chi connectivity index (χ4v) is 2.03. The van der Waals surface area contributed by atoms with Gasteiger partial charge in [-0.3, -0.25) is 4.79 Å². The highest BCUT2D eigenvalue weighted by Gasteiger charge is 2.11. The lowest BCUT2D eigenvalue weighted by atomic mass is 10.1. The number of carbonyl (C=O) groups is 1. The van der Waals surface area contributed by atoms with E-state index in [9.17, 15) is 4.79 Å². The first-order valence-electron chi connectivity index (χ1n) is 5.36. The third kappa shape index (κ3) is 2.27. The van der Waals surface area contributed by atoms with E-state index < -0.39 is 0 Å². The van der Waals surface area contributed by atoms with Gasteiger partial charge in [-0.25, -0.2) is 0 Å². The molecule has 16 heavy (non-hydrogen) atoms. The fourth-order valence-electron chi connectivity index (χ4n) is 1.81. The van der Waals surface area contributed by atoms with Crippen LogP contribution in [0.3, 0.4) is 0 Å². The van der Waals surface area contributed by atoms with Crippen molar-refractivity contribution in [3.8, 4) is 0 Å². The zero-order valence-corrected chi connectivity index (χ0v) is 10.00. The number of aldehydes is 1. The predicted molar refractivity (Wildman–Crippen MR) is 67.4 cm³/mol. The summed E-state index contributed by atoms with van der Waals surface area (Å²) in [5.41, 5.74) is 3.07. The van der Waals surface area contributed by atoms with E-state index in [1.165, 1.54) is 5.57 Å². The van der Waals surface area contributed by atoms with Gasteiger partial charge in [0.15, 0.2) is 6.29 Å². The molecule has 0 unspecified atom stereocenters. The Morgan fingerprint density at radius 3 is 2.81 bits per heavy atom. The number of carbonyl (C=O) groups excluding carboxylic acids is 1. The number of benzene rings is 1. The molecule has 1 aliphatic heterocycles. The Bertz CT molecular complexity index is 440. The van der Waals surface area contributed by atoms with Gasteiger partial charge in [0.2, 0.25) is 0 Å². The number of hydrogen-bond donors (Lipinski definition) is 0. The first-order valence-corrected chi connectivity index (χ1v) is 5.74. The molecule has 0 N–H and O–H groups in total. The van der Waals surface area contributed by atoms with E-state index >= 15 is 0 Å². The molecule has 0 aliphatic carbocycles. The van der Waals surface area contributed by atoms with Gasteiger partial charge in [0, 0.05) is 24.3 Å². The Labute approximate surface area is 101 Å². The second kappa shape index (κ2) is 4.71. The van der Waals surface area contributed by atoms with Crippen LogP contribution in [0.25, 0.3) is 0 Å². The van der Waals surface area contributed by atoms with E-state index in [4.69, 9.17) is 11.6 Å². The lowest BCUT2D eigenvalue weighted by Gasteiger charge is -2.27. The van der Waals surface area contributed by atoms with Gasteiger partial charge in [0.05, 0.1) is 5.02 Å². The second-order valence-corrected chi connectivity index (χ2v) is 4.48. The van der Waals surface area contributed by atoms with Crippen molar-refractivity contribution in [1.29, 1.82) is 0 Å². The van der Waals surface area contributed by atoms with Gasteiger partial charge >= 0.3 is 0 Å². The zero-order valence-electron chi connectivity index (χ0n) is 9.24. The van der Waals surface area contributed by atoms with Crippen molar-refractivity contribution < 1.29 is 4.79 Å². The highest BCUT2D eigenvalue weighted by atomic mass is 35.5. The largest absolute Gasteiger partial charge is 0.367 e. The van der Waals surface area contributed by atoms with Crippen LogP contribution in [0.5, 0.6) is 0 Å². The Hall–Kier alpha value is -1.28. The molecule has 84 valence electrons. The Morgan fingerprint density at radius 2 is 2.25 bits per heavy atom. The molecule has 0 amide bonds. The molecule has 1 aromatic rings. The van der Waals surface area contributed by atoms with Crippen LogP contribution in [0.15, 0.2) is 29.8 Å². The quantitative estimate of drug-likeness (QED) is 0.579. The molecule has 1 aliphatic rings. The summed E-state index contributed by atoms with van der Waals surface area (Å²) in [6, 6.07) is 5.58. The highest BCUT2D eigenvalue weighted by Crippen LogP contribution is 2.24. The summed E-state index contributed by atoms with van der Waals surface area (Å²) in [5, 5.41) is 0.527. The van der Waals surface area contributed by atoms with E-state index in [1.807, 2.05) is 12.1 Å². The SMILES string of the molecule is CC1=CCN(c2ccc(C=O)c(Cl)c2)CC1. The zero-order chi connectivity index (χ0) is 11.5. The molecule has 1 aromatic carbocycles. The summed E-state index contributed by atoms with van der Waals surface area (Å²) < 4.78 is 0. The normalized spacial score (nSPS) is 15.9. The molecule has 0 fully saturated rings. The summed E-state index contributed by atoms with van der Waals surface area (Å²) in [5.74, 6) is 0. The maximum atomic E-state index is 10.7. The predicted octanol–water partition coefficient (Wildman–Crippen LogP) is 3.31. The smallest absolute Gasteiger partial charge is 0.151 e. The van der Waals surface area contributed by atoms with Gasteiger partial charge in [0.1, 0.15) is 0 Å². The Balaban J connectivity index is 2.22. The van der Waals surface area contributed by atoms with E-state index in [2.05, 4.69) is 17.9 Å². The van der Waals surface area contributed by atoms with E-state index in [-0.39, 0.29) is 0 Å². The summed E-state index contributed by atoms with van der Waals surface area (Å²) in [7, 11) is 0. The molecule has 0 radical (unpaired) electrons. The lowest BCUT2D eigenvalue weighted by Crippen LogP contribution is -2.28. The van der Waals surface area contributed by atoms with Crippen molar-refractivity contribution in [3.05, 3.63) is 40.4 Å². The van der Waals surface area contributed by atoms with Crippen molar-refractivity contribution >= 4 is 23.6 Å². The molecule has 0 atom stereocenters. The van der Waals surface area contributed by atoms with Gasteiger partial charge in [-0.15, -0.1) is 0 Å². The van der Waals surface area contributed by atoms with Crippen LogP contribution in [-0.4, -0.2) is 19.4 Å². The molecular weight excluding hydrogens is 222 g/mol. The molecule has 0 aromatic heterocycles. The third-order valence-electron chi connectivity index (χ3n) is 2.91. The molecule has 0 saturated heterocycles. The molecular formula is C13H14ClNO. The van der Waals surface area contributed by atoms with Crippen LogP contribution < -0.4 is 4.90 Å². The third-order valence-corrected chi connectivity index (χ3v) is 3.24. The molecule has 0 bridgehead atoms. The Kier molecular flexibility index (Phi) is 3.30. The minimum absolute atomic E-state index is 0.527. The molecule has 0 saturated carbocycles. The fraction of sp³-hybridized carbons (Fsp3) is 0.308. The summed E-state index contributed by atoms with van der Waals surface area (Å²) in [6.07, 6.45) is 4.10. The minimum atomic E-state index is 0.527. The van der Waals surface area contributed by atoms with Crippen LogP contribution >= 0.6 is 11.6 Å². The topological polar surface area (TPSA) is 20.3 Å². The van der Waals surface area contributed by atoms with E-state index in [0.29, 0.717) is 10.6 Å². The van der Waals surface area contributed by atoms with Crippen molar-refractivity contribution in [3.63, 3.8) is 0 Å². The van der Waals surface area contributed by atoms with E-state index in [1.54, 1.807) is 6.07 Å². The van der Waals surface area contributed by atoms with Crippen LogP contribution in [0.1, 0.15) is 23.7 Å². The first-order chi connectivity index (χ1) is 7.70. The molecule has 0 spiro atoms. The van der Waals surface area contributed by atoms with Gasteiger partial charge < -0.3 is 4.90 Å². The van der Waals surface area contributed by atoms with Gasteiger partial charge in [-0.2, -0.15) is 0 Å². The average molecular weight is 236 g/mol. The van der Waals surface area contributed by atoms with Gasteiger partial charge in [-0.1, -0.05) is 23.3 Å². The van der Waals surface area contributed by atoms with Crippen LogP contribution in [0, 0.1) is 0 Å². The first kappa shape index (κ1) is 11.2. The summed E-state index contributed by atoms with van der Waals surface area (Å²) in [4.78, 5) is 12.9. The molecule has 2 rings (SSSR count). The van der Waals surface area contributed by atoms with Crippen molar-refractivity contribution in [2.24, 2.45) is 0 Å². The standard InChI is InChI=1S/C13H14ClNO/c1-10-4-6-15(7-5-10)12-3-2-11(9-16)13(14)8-12/h2-4,8-9H,5-7H2,1H3. The molecule has 2 nitrogen and oxygen atoms in total. The van der Waals surface area contributed by atoms with E-state index in [0.717, 1.165) is 31.5 Å². The second-order valence-electron chi connectivity index (χ2n) is 4.07. The maximum Gasteiger partial charge on any atom is 0.151 e. The number of hydrogen-bond acceptors (Lipinski definition) is 2. The highest BCUT2D eigenvalue weighted by molar-refractivity contribution is 6.33. The summed E-state index contributed by atoms with van der Waals surface area (Å²) in [6.45, 7) is 4.08. The van der Waals surface area contributed by atoms with Crippen molar-refractivity contribution in [1.82, 2.24) is 0 Å². The van der Waals surface area contributed by atoms with Crippen LogP contribution in [0.4, 0.5) is 5.69 Å². The number of halogens is 1. The number of nitrogens with zero attached hydrogens (tertiary/aromatic N) is 1. The monoisotopic (exact) mass is 235 g/mol. The average Bonchev–Trinajstić information content (AvgIpc) is 2.30. The van der Waals surface area contributed by atoms with Gasteiger partial charge in [0.25, 0.3) is 0 Å². The van der Waals surface area contributed by atoms with Gasteiger partial charge in [-0.05, 0) is 31.5 Å².